The molecule has 0 aliphatic rings. The number of hydrogen-bond donors (Lipinski definition) is 2. The summed E-state index contributed by atoms with van der Waals surface area (Å²) in [7, 11) is 0. The number of urea groups is 1. The number of carbonyl (C=O) groups excluding carboxylic acids is 1. The first-order valence-corrected chi connectivity index (χ1v) is 6.57. The molecule has 0 fully saturated rings. The van der Waals surface area contributed by atoms with E-state index in [4.69, 9.17) is 23.2 Å². The van der Waals surface area contributed by atoms with Crippen molar-refractivity contribution in [3.8, 4) is 0 Å². The molecule has 0 saturated heterocycles. The number of anilines is 2. The highest BCUT2D eigenvalue weighted by Gasteiger charge is 2.03. The third-order valence-electron chi connectivity index (χ3n) is 2.42. The molecule has 0 spiro atoms. The topological polar surface area (TPSA) is 41.1 Å². The van der Waals surface area contributed by atoms with Gasteiger partial charge in [-0.25, -0.2) is 4.79 Å². The molecule has 2 N–H and O–H groups in total. The highest BCUT2D eigenvalue weighted by Crippen LogP contribution is 2.16. The van der Waals surface area contributed by atoms with Crippen LogP contribution < -0.4 is 10.6 Å². The predicted molar refractivity (Wildman–Crippen MR) is 80.1 cm³/mol. The van der Waals surface area contributed by atoms with Gasteiger partial charge in [-0.3, -0.25) is 0 Å². The number of hydrogen-bond acceptors (Lipinski definition) is 1. The van der Waals surface area contributed by atoms with E-state index in [0.29, 0.717) is 22.3 Å². The molecule has 0 heterocycles. The lowest BCUT2D eigenvalue weighted by molar-refractivity contribution is 0.262. The summed E-state index contributed by atoms with van der Waals surface area (Å²) in [5, 5.41) is 6.01. The van der Waals surface area contributed by atoms with Gasteiger partial charge in [-0.05, 0) is 35.9 Å². The fourth-order valence-corrected chi connectivity index (χ4v) is 1.95. The molecule has 0 atom stereocenters. The summed E-state index contributed by atoms with van der Waals surface area (Å²) < 4.78 is 0. The smallest absolute Gasteiger partial charge is 0.308 e. The zero-order chi connectivity index (χ0) is 13.7. The van der Waals surface area contributed by atoms with Crippen LogP contribution in [0.2, 0.25) is 5.02 Å². The van der Waals surface area contributed by atoms with Gasteiger partial charge in [-0.15, -0.1) is 11.6 Å². The Hall–Kier alpha value is -1.71. The van der Waals surface area contributed by atoms with E-state index >= 15 is 0 Å². The maximum absolute atomic E-state index is 11.8. The highest BCUT2D eigenvalue weighted by molar-refractivity contribution is 6.30. The first kappa shape index (κ1) is 13.7. The van der Waals surface area contributed by atoms with Crippen molar-refractivity contribution in [1.82, 2.24) is 0 Å². The Morgan fingerprint density at radius 2 is 1.63 bits per heavy atom. The van der Waals surface area contributed by atoms with Gasteiger partial charge in [0.2, 0.25) is 0 Å². The molecule has 5 heteroatoms. The van der Waals surface area contributed by atoms with Crippen molar-refractivity contribution < 1.29 is 4.79 Å². The van der Waals surface area contributed by atoms with Gasteiger partial charge >= 0.3 is 6.03 Å². The third-order valence-corrected chi connectivity index (χ3v) is 2.97. The Morgan fingerprint density at radius 3 is 2.26 bits per heavy atom. The zero-order valence-electron chi connectivity index (χ0n) is 9.99. The molecule has 2 aromatic rings. The molecule has 0 aliphatic carbocycles. The van der Waals surface area contributed by atoms with Gasteiger partial charge in [-0.2, -0.15) is 0 Å². The van der Waals surface area contributed by atoms with Crippen molar-refractivity contribution in [2.45, 2.75) is 5.88 Å². The van der Waals surface area contributed by atoms with Gasteiger partial charge in [-0.1, -0.05) is 29.8 Å². The van der Waals surface area contributed by atoms with E-state index in [-0.39, 0.29) is 6.03 Å². The lowest BCUT2D eigenvalue weighted by atomic mass is 10.2. The quantitative estimate of drug-likeness (QED) is 0.790. The van der Waals surface area contributed by atoms with E-state index < -0.39 is 0 Å². The maximum Gasteiger partial charge on any atom is 0.323 e. The van der Waals surface area contributed by atoms with Gasteiger partial charge in [0.15, 0.2) is 0 Å². The average Bonchev–Trinajstić information content (AvgIpc) is 2.38. The Bertz CT molecular complexity index is 587. The Kier molecular flexibility index (Phi) is 4.66. The second-order valence-corrected chi connectivity index (χ2v) is 4.63. The Morgan fingerprint density at radius 1 is 1.00 bits per heavy atom. The lowest BCUT2D eigenvalue weighted by Gasteiger charge is -2.08. The van der Waals surface area contributed by atoms with Crippen molar-refractivity contribution in [3.05, 3.63) is 59.1 Å². The molecular formula is C14H12Cl2N2O. The van der Waals surface area contributed by atoms with E-state index in [1.54, 1.807) is 30.3 Å². The molecule has 0 saturated carbocycles. The largest absolute Gasteiger partial charge is 0.323 e. The summed E-state index contributed by atoms with van der Waals surface area (Å²) in [5.74, 6) is 0.408. The van der Waals surface area contributed by atoms with Crippen LogP contribution in [0.3, 0.4) is 0 Å². The van der Waals surface area contributed by atoms with E-state index in [1.165, 1.54) is 0 Å². The molecule has 0 unspecified atom stereocenters. The van der Waals surface area contributed by atoms with Crippen molar-refractivity contribution in [3.63, 3.8) is 0 Å². The van der Waals surface area contributed by atoms with Crippen LogP contribution >= 0.6 is 23.2 Å². The second-order valence-electron chi connectivity index (χ2n) is 3.92. The Balaban J connectivity index is 2.01. The molecule has 2 amide bonds. The van der Waals surface area contributed by atoms with Gasteiger partial charge < -0.3 is 10.6 Å². The molecule has 98 valence electrons. The maximum atomic E-state index is 11.8. The van der Waals surface area contributed by atoms with Crippen LogP contribution in [0.5, 0.6) is 0 Å². The van der Waals surface area contributed by atoms with Crippen LogP contribution in [0.15, 0.2) is 48.5 Å². The SMILES string of the molecule is O=C(Nc1cccc(Cl)c1)Nc1cccc(CCl)c1. The number of halogens is 2. The number of rotatable bonds is 3. The minimum Gasteiger partial charge on any atom is -0.308 e. The molecule has 19 heavy (non-hydrogen) atoms. The van der Waals surface area contributed by atoms with E-state index in [9.17, 15) is 4.79 Å². The monoisotopic (exact) mass is 294 g/mol. The van der Waals surface area contributed by atoms with Crippen molar-refractivity contribution in [1.29, 1.82) is 0 Å². The van der Waals surface area contributed by atoms with Crippen LogP contribution in [0.4, 0.5) is 16.2 Å². The molecule has 0 aliphatic heterocycles. The van der Waals surface area contributed by atoms with Gasteiger partial charge in [0.05, 0.1) is 0 Å². The minimum atomic E-state index is -0.325. The van der Waals surface area contributed by atoms with Crippen LogP contribution in [-0.4, -0.2) is 6.03 Å². The van der Waals surface area contributed by atoms with Gasteiger partial charge in [0, 0.05) is 22.3 Å². The van der Waals surface area contributed by atoms with E-state index in [0.717, 1.165) is 5.56 Å². The fraction of sp³-hybridized carbons (Fsp3) is 0.0714. The van der Waals surface area contributed by atoms with E-state index in [1.807, 2.05) is 18.2 Å². The van der Waals surface area contributed by atoms with E-state index in [2.05, 4.69) is 10.6 Å². The minimum absolute atomic E-state index is 0.325. The third kappa shape index (κ3) is 4.16. The normalized spacial score (nSPS) is 10.0. The number of alkyl halides is 1. The molecule has 0 radical (unpaired) electrons. The summed E-state index contributed by atoms with van der Waals surface area (Å²) in [4.78, 5) is 11.8. The fourth-order valence-electron chi connectivity index (χ4n) is 1.59. The molecule has 3 nitrogen and oxygen atoms in total. The number of benzene rings is 2. The number of nitrogens with one attached hydrogen (secondary N) is 2. The molecule has 2 rings (SSSR count). The van der Waals surface area contributed by atoms with Crippen LogP contribution in [0, 0.1) is 0 Å². The summed E-state index contributed by atoms with van der Waals surface area (Å²) >= 11 is 11.6. The van der Waals surface area contributed by atoms with Crippen molar-refractivity contribution in [2.24, 2.45) is 0 Å². The average molecular weight is 295 g/mol. The molecule has 0 aromatic heterocycles. The first-order valence-electron chi connectivity index (χ1n) is 5.66. The summed E-state index contributed by atoms with van der Waals surface area (Å²) in [6, 6.07) is 14.0. The highest BCUT2D eigenvalue weighted by atomic mass is 35.5. The van der Waals surface area contributed by atoms with Gasteiger partial charge in [0.1, 0.15) is 0 Å². The Labute approximate surface area is 121 Å². The molecular weight excluding hydrogens is 283 g/mol. The summed E-state index contributed by atoms with van der Waals surface area (Å²) in [6.45, 7) is 0. The van der Waals surface area contributed by atoms with Crippen LogP contribution in [0.1, 0.15) is 5.56 Å². The number of amides is 2. The summed E-state index contributed by atoms with van der Waals surface area (Å²) in [5.41, 5.74) is 2.28. The predicted octanol–water partition coefficient (Wildman–Crippen LogP) is 4.72. The lowest BCUT2D eigenvalue weighted by Crippen LogP contribution is -2.19. The second kappa shape index (κ2) is 6.45. The number of carbonyl (C=O) groups is 1. The zero-order valence-corrected chi connectivity index (χ0v) is 11.5. The van der Waals surface area contributed by atoms with Crippen molar-refractivity contribution >= 4 is 40.6 Å². The van der Waals surface area contributed by atoms with Gasteiger partial charge in [0.25, 0.3) is 0 Å². The van der Waals surface area contributed by atoms with Crippen LogP contribution in [0.25, 0.3) is 0 Å². The van der Waals surface area contributed by atoms with Crippen molar-refractivity contribution in [2.75, 3.05) is 10.6 Å². The first-order chi connectivity index (χ1) is 9.17. The van der Waals surface area contributed by atoms with Crippen LogP contribution in [-0.2, 0) is 5.88 Å². The molecule has 0 bridgehead atoms. The summed E-state index contributed by atoms with van der Waals surface area (Å²) in [6.07, 6.45) is 0. The standard InChI is InChI=1S/C14H12Cl2N2O/c15-9-10-3-1-5-12(7-10)17-14(19)18-13-6-2-4-11(16)8-13/h1-8H,9H2,(H2,17,18,19). The molecule has 2 aromatic carbocycles.